The summed E-state index contributed by atoms with van der Waals surface area (Å²) >= 11 is 0. The molecule has 6 nitrogen and oxygen atoms in total. The molecule has 1 aromatic heterocycles. The average Bonchev–Trinajstić information content (AvgIpc) is 2.78. The van der Waals surface area contributed by atoms with Crippen LogP contribution in [0.2, 0.25) is 0 Å². The molecule has 0 aliphatic carbocycles. The fourth-order valence-corrected chi connectivity index (χ4v) is 1.72. The van der Waals surface area contributed by atoms with Crippen molar-refractivity contribution in [2.45, 2.75) is 58.7 Å². The van der Waals surface area contributed by atoms with E-state index in [-0.39, 0.29) is 18.2 Å². The van der Waals surface area contributed by atoms with E-state index in [1.807, 2.05) is 33.8 Å². The number of carbonyl (C=O) groups excluding carboxylic acids is 1. The molecule has 3 N–H and O–H groups in total. The minimum absolute atomic E-state index is 0.0614. The highest BCUT2D eigenvalue weighted by molar-refractivity contribution is 5.67. The molecule has 2 atom stereocenters. The first-order valence-corrected chi connectivity index (χ1v) is 7.00. The molecule has 20 heavy (non-hydrogen) atoms. The topological polar surface area (TPSA) is 79.0 Å². The zero-order valence-corrected chi connectivity index (χ0v) is 13.0. The lowest BCUT2D eigenvalue weighted by atomic mass is 10.2. The van der Waals surface area contributed by atoms with E-state index in [1.165, 1.54) is 0 Å². The number of carbonyl (C=O) groups is 1. The smallest absolute Gasteiger partial charge is 0.407 e. The third-order valence-corrected chi connectivity index (χ3v) is 2.78. The molecule has 1 aromatic rings. The molecule has 1 amide bonds. The van der Waals surface area contributed by atoms with Crippen molar-refractivity contribution in [2.24, 2.45) is 0 Å². The molecule has 0 aliphatic rings. The third kappa shape index (κ3) is 6.56. The SMILES string of the molecule is CC(CCNC(C)c1ccn[nH]1)NC(=O)OC(C)(C)C. The molecule has 1 rings (SSSR count). The van der Waals surface area contributed by atoms with Crippen molar-refractivity contribution in [1.82, 2.24) is 20.8 Å². The first-order valence-electron chi connectivity index (χ1n) is 7.00. The predicted molar refractivity (Wildman–Crippen MR) is 78.5 cm³/mol. The second-order valence-electron chi connectivity index (χ2n) is 6.02. The van der Waals surface area contributed by atoms with Crippen LogP contribution >= 0.6 is 0 Å². The maximum absolute atomic E-state index is 11.6. The van der Waals surface area contributed by atoms with Gasteiger partial charge in [-0.15, -0.1) is 0 Å². The Morgan fingerprint density at radius 3 is 2.70 bits per heavy atom. The van der Waals surface area contributed by atoms with Gasteiger partial charge in [0.2, 0.25) is 0 Å². The summed E-state index contributed by atoms with van der Waals surface area (Å²) < 4.78 is 5.21. The monoisotopic (exact) mass is 282 g/mol. The lowest BCUT2D eigenvalue weighted by Gasteiger charge is -2.22. The highest BCUT2D eigenvalue weighted by Crippen LogP contribution is 2.08. The van der Waals surface area contributed by atoms with Gasteiger partial charge in [-0.1, -0.05) is 0 Å². The fraction of sp³-hybridized carbons (Fsp3) is 0.714. The van der Waals surface area contributed by atoms with Crippen molar-refractivity contribution in [3.05, 3.63) is 18.0 Å². The highest BCUT2D eigenvalue weighted by atomic mass is 16.6. The van der Waals surface area contributed by atoms with Crippen LogP contribution in [0.15, 0.2) is 12.3 Å². The number of H-pyrrole nitrogens is 1. The predicted octanol–water partition coefficient (Wildman–Crippen LogP) is 2.36. The largest absolute Gasteiger partial charge is 0.444 e. The Morgan fingerprint density at radius 2 is 2.15 bits per heavy atom. The molecule has 6 heteroatoms. The molecule has 0 saturated carbocycles. The van der Waals surface area contributed by atoms with Gasteiger partial charge in [0.15, 0.2) is 0 Å². The summed E-state index contributed by atoms with van der Waals surface area (Å²) in [5.41, 5.74) is 0.592. The molecule has 1 heterocycles. The molecule has 2 unspecified atom stereocenters. The molecule has 0 radical (unpaired) electrons. The number of rotatable bonds is 6. The van der Waals surface area contributed by atoms with Gasteiger partial charge in [-0.25, -0.2) is 4.79 Å². The van der Waals surface area contributed by atoms with Gasteiger partial charge in [0.05, 0.1) is 5.69 Å². The summed E-state index contributed by atoms with van der Waals surface area (Å²) in [5.74, 6) is 0. The number of hydrogen-bond acceptors (Lipinski definition) is 4. The Hall–Kier alpha value is -1.56. The molecule has 0 bridgehead atoms. The second-order valence-corrected chi connectivity index (χ2v) is 6.02. The zero-order valence-electron chi connectivity index (χ0n) is 13.0. The number of aromatic amines is 1. The quantitative estimate of drug-likeness (QED) is 0.748. The van der Waals surface area contributed by atoms with E-state index < -0.39 is 5.60 Å². The minimum Gasteiger partial charge on any atom is -0.444 e. The van der Waals surface area contributed by atoms with E-state index >= 15 is 0 Å². The summed E-state index contributed by atoms with van der Waals surface area (Å²) in [6.07, 6.45) is 2.20. The number of nitrogens with zero attached hydrogens (tertiary/aromatic N) is 1. The Balaban J connectivity index is 2.20. The lowest BCUT2D eigenvalue weighted by Crippen LogP contribution is -2.39. The third-order valence-electron chi connectivity index (χ3n) is 2.78. The first kappa shape index (κ1) is 16.5. The Morgan fingerprint density at radius 1 is 1.45 bits per heavy atom. The van der Waals surface area contributed by atoms with Crippen molar-refractivity contribution in [1.29, 1.82) is 0 Å². The van der Waals surface area contributed by atoms with Crippen LogP contribution in [-0.4, -0.2) is 34.5 Å². The summed E-state index contributed by atoms with van der Waals surface area (Å²) in [4.78, 5) is 11.6. The van der Waals surface area contributed by atoms with Crippen molar-refractivity contribution in [3.8, 4) is 0 Å². The molecule has 0 spiro atoms. The van der Waals surface area contributed by atoms with Gasteiger partial charge in [0.25, 0.3) is 0 Å². The van der Waals surface area contributed by atoms with Crippen LogP contribution in [0, 0.1) is 0 Å². The Kier molecular flexibility index (Phi) is 6.01. The Labute approximate surface area is 120 Å². The molecule has 0 saturated heterocycles. The van der Waals surface area contributed by atoms with Crippen LogP contribution in [0.1, 0.15) is 52.8 Å². The van der Waals surface area contributed by atoms with E-state index in [0.29, 0.717) is 0 Å². The van der Waals surface area contributed by atoms with Gasteiger partial charge < -0.3 is 15.4 Å². The molecular weight excluding hydrogens is 256 g/mol. The number of nitrogens with one attached hydrogen (secondary N) is 3. The van der Waals surface area contributed by atoms with Crippen molar-refractivity contribution < 1.29 is 9.53 Å². The summed E-state index contributed by atoms with van der Waals surface area (Å²) in [5, 5.41) is 13.0. The van der Waals surface area contributed by atoms with Gasteiger partial charge in [0, 0.05) is 18.3 Å². The minimum atomic E-state index is -0.461. The van der Waals surface area contributed by atoms with Crippen LogP contribution in [0.25, 0.3) is 0 Å². The van der Waals surface area contributed by atoms with Gasteiger partial charge in [0.1, 0.15) is 5.60 Å². The highest BCUT2D eigenvalue weighted by Gasteiger charge is 2.17. The van der Waals surface area contributed by atoms with Crippen molar-refractivity contribution >= 4 is 6.09 Å². The zero-order chi connectivity index (χ0) is 15.2. The van der Waals surface area contributed by atoms with E-state index in [9.17, 15) is 4.79 Å². The number of hydrogen-bond donors (Lipinski definition) is 3. The number of aromatic nitrogens is 2. The standard InChI is InChI=1S/C14H26N4O2/c1-10(17-13(19)20-14(3,4)5)6-8-15-11(2)12-7-9-16-18-12/h7,9-11,15H,6,8H2,1-5H3,(H,16,18)(H,17,19). The molecular formula is C14H26N4O2. The lowest BCUT2D eigenvalue weighted by molar-refractivity contribution is 0.0506. The second kappa shape index (κ2) is 7.28. The van der Waals surface area contributed by atoms with Crippen LogP contribution in [0.3, 0.4) is 0 Å². The van der Waals surface area contributed by atoms with E-state index in [1.54, 1.807) is 6.20 Å². The summed E-state index contributed by atoms with van der Waals surface area (Å²) in [7, 11) is 0. The van der Waals surface area contributed by atoms with E-state index in [0.717, 1.165) is 18.7 Å². The maximum atomic E-state index is 11.6. The molecule has 0 aliphatic heterocycles. The fourth-order valence-electron chi connectivity index (χ4n) is 1.72. The molecule has 0 fully saturated rings. The number of ether oxygens (including phenoxy) is 1. The van der Waals surface area contributed by atoms with Gasteiger partial charge in [-0.05, 0) is 53.7 Å². The normalized spacial score (nSPS) is 14.7. The van der Waals surface area contributed by atoms with Gasteiger partial charge >= 0.3 is 6.09 Å². The maximum Gasteiger partial charge on any atom is 0.407 e. The summed E-state index contributed by atoms with van der Waals surface area (Å²) in [6.45, 7) is 10.4. The van der Waals surface area contributed by atoms with Crippen LogP contribution in [0.4, 0.5) is 4.79 Å². The molecule has 114 valence electrons. The van der Waals surface area contributed by atoms with E-state index in [4.69, 9.17) is 4.74 Å². The van der Waals surface area contributed by atoms with Crippen LogP contribution in [0.5, 0.6) is 0 Å². The van der Waals surface area contributed by atoms with Gasteiger partial charge in [-0.2, -0.15) is 5.10 Å². The summed E-state index contributed by atoms with van der Waals surface area (Å²) in [6, 6.07) is 2.22. The number of amides is 1. The van der Waals surface area contributed by atoms with Gasteiger partial charge in [-0.3, -0.25) is 5.10 Å². The Bertz CT molecular complexity index is 398. The van der Waals surface area contributed by atoms with Crippen LogP contribution in [-0.2, 0) is 4.74 Å². The first-order chi connectivity index (χ1) is 9.28. The van der Waals surface area contributed by atoms with Crippen molar-refractivity contribution in [3.63, 3.8) is 0 Å². The van der Waals surface area contributed by atoms with Crippen LogP contribution < -0.4 is 10.6 Å². The van der Waals surface area contributed by atoms with E-state index in [2.05, 4.69) is 27.8 Å². The molecule has 0 aromatic carbocycles. The van der Waals surface area contributed by atoms with Crippen molar-refractivity contribution in [2.75, 3.05) is 6.54 Å². The average molecular weight is 282 g/mol. The number of alkyl carbamates (subject to hydrolysis) is 1.